The molecule has 0 amide bonds. The van der Waals surface area contributed by atoms with E-state index >= 15 is 0 Å². The van der Waals surface area contributed by atoms with E-state index in [4.69, 9.17) is 21.1 Å². The van der Waals surface area contributed by atoms with Gasteiger partial charge in [-0.2, -0.15) is 0 Å². The number of carbonyl (C=O) groups excluding carboxylic acids is 1. The zero-order valence-electron chi connectivity index (χ0n) is 14.7. The van der Waals surface area contributed by atoms with Gasteiger partial charge in [0.1, 0.15) is 5.52 Å². The summed E-state index contributed by atoms with van der Waals surface area (Å²) in [4.78, 5) is 19.3. The molecule has 0 unspecified atom stereocenters. The van der Waals surface area contributed by atoms with Gasteiger partial charge in [0.25, 0.3) is 0 Å². The lowest BCUT2D eigenvalue weighted by Gasteiger charge is -2.27. The van der Waals surface area contributed by atoms with E-state index in [1.165, 1.54) is 0 Å². The molecular weight excluding hydrogens is 364 g/mol. The van der Waals surface area contributed by atoms with Crippen molar-refractivity contribution in [2.75, 3.05) is 26.3 Å². The zero-order chi connectivity index (χ0) is 18.6. The number of pyridine rings is 1. The molecule has 138 valence electrons. The molecule has 1 fully saturated rings. The molecule has 5 nitrogen and oxygen atoms in total. The number of nitrogens with zero attached hydrogens (tertiary/aromatic N) is 2. The van der Waals surface area contributed by atoms with Crippen molar-refractivity contribution in [3.63, 3.8) is 0 Å². The molecule has 1 aliphatic heterocycles. The zero-order valence-corrected chi connectivity index (χ0v) is 15.5. The second kappa shape index (κ2) is 8.05. The van der Waals surface area contributed by atoms with Gasteiger partial charge in [-0.05, 0) is 29.8 Å². The number of aromatic nitrogens is 1. The minimum absolute atomic E-state index is 0.334. The molecule has 2 heterocycles. The number of halogens is 1. The molecule has 3 aromatic rings. The van der Waals surface area contributed by atoms with Gasteiger partial charge in [0.2, 0.25) is 0 Å². The Kier molecular flexibility index (Phi) is 5.34. The Morgan fingerprint density at radius 2 is 1.93 bits per heavy atom. The quantitative estimate of drug-likeness (QED) is 0.505. The number of benzene rings is 2. The molecule has 0 N–H and O–H groups in total. The number of esters is 1. The fraction of sp³-hybridized carbons (Fsp3) is 0.238. The minimum Gasteiger partial charge on any atom is -0.421 e. The van der Waals surface area contributed by atoms with Crippen LogP contribution in [-0.2, 0) is 11.3 Å². The molecule has 1 aromatic heterocycles. The predicted octanol–water partition coefficient (Wildman–Crippen LogP) is 3.94. The third-order valence-electron chi connectivity index (χ3n) is 4.62. The fourth-order valence-electron chi connectivity index (χ4n) is 3.21. The van der Waals surface area contributed by atoms with Gasteiger partial charge >= 0.3 is 5.97 Å². The fourth-order valence-corrected chi connectivity index (χ4v) is 3.42. The molecule has 6 heteroatoms. The van der Waals surface area contributed by atoms with E-state index in [0.29, 0.717) is 21.9 Å². The first-order valence-electron chi connectivity index (χ1n) is 8.86. The highest BCUT2D eigenvalue weighted by Crippen LogP contribution is 2.29. The van der Waals surface area contributed by atoms with Crippen molar-refractivity contribution in [1.82, 2.24) is 9.88 Å². The summed E-state index contributed by atoms with van der Waals surface area (Å²) in [6.07, 6.45) is 1.70. The van der Waals surface area contributed by atoms with Crippen molar-refractivity contribution in [1.29, 1.82) is 0 Å². The highest BCUT2D eigenvalue weighted by atomic mass is 35.5. The average Bonchev–Trinajstić information content (AvgIpc) is 2.71. The van der Waals surface area contributed by atoms with Crippen LogP contribution in [0.1, 0.15) is 15.9 Å². The topological polar surface area (TPSA) is 51.7 Å². The number of carbonyl (C=O) groups is 1. The van der Waals surface area contributed by atoms with Gasteiger partial charge in [0, 0.05) is 31.2 Å². The lowest BCUT2D eigenvalue weighted by Crippen LogP contribution is -2.35. The normalized spacial score (nSPS) is 15.0. The number of ether oxygens (including phenoxy) is 2. The first-order valence-corrected chi connectivity index (χ1v) is 9.23. The van der Waals surface area contributed by atoms with Crippen LogP contribution in [0.4, 0.5) is 0 Å². The van der Waals surface area contributed by atoms with Crippen molar-refractivity contribution in [2.24, 2.45) is 0 Å². The molecule has 0 radical (unpaired) electrons. The van der Waals surface area contributed by atoms with E-state index in [1.54, 1.807) is 36.5 Å². The lowest BCUT2D eigenvalue weighted by atomic mass is 10.1. The number of rotatable bonds is 4. The summed E-state index contributed by atoms with van der Waals surface area (Å²) in [5.74, 6) is -0.0604. The molecule has 27 heavy (non-hydrogen) atoms. The summed E-state index contributed by atoms with van der Waals surface area (Å²) < 4.78 is 11.0. The van der Waals surface area contributed by atoms with Crippen LogP contribution in [-0.4, -0.2) is 42.2 Å². The lowest BCUT2D eigenvalue weighted by molar-refractivity contribution is 0.0343. The number of fused-ring (bicyclic) bond motifs is 1. The summed E-state index contributed by atoms with van der Waals surface area (Å²) in [6, 6.07) is 14.5. The Morgan fingerprint density at radius 1 is 1.11 bits per heavy atom. The highest BCUT2D eigenvalue weighted by Gasteiger charge is 2.17. The molecule has 1 saturated heterocycles. The monoisotopic (exact) mass is 382 g/mol. The highest BCUT2D eigenvalue weighted by molar-refractivity contribution is 6.33. The van der Waals surface area contributed by atoms with Gasteiger partial charge in [-0.1, -0.05) is 35.9 Å². The molecule has 1 aliphatic rings. The third-order valence-corrected chi connectivity index (χ3v) is 4.95. The smallest absolute Gasteiger partial charge is 0.345 e. The average molecular weight is 383 g/mol. The summed E-state index contributed by atoms with van der Waals surface area (Å²) >= 11 is 6.11. The van der Waals surface area contributed by atoms with Crippen LogP contribution < -0.4 is 4.74 Å². The van der Waals surface area contributed by atoms with E-state index in [9.17, 15) is 4.79 Å². The Labute approximate surface area is 162 Å². The van der Waals surface area contributed by atoms with Crippen LogP contribution >= 0.6 is 11.6 Å². The first-order chi connectivity index (χ1) is 13.2. The second-order valence-electron chi connectivity index (χ2n) is 6.38. The van der Waals surface area contributed by atoms with Crippen LogP contribution in [0.2, 0.25) is 5.02 Å². The van der Waals surface area contributed by atoms with Crippen molar-refractivity contribution in [2.45, 2.75) is 6.54 Å². The van der Waals surface area contributed by atoms with Crippen LogP contribution in [0.3, 0.4) is 0 Å². The van der Waals surface area contributed by atoms with Crippen molar-refractivity contribution in [3.05, 3.63) is 70.9 Å². The van der Waals surface area contributed by atoms with E-state index in [-0.39, 0.29) is 0 Å². The third kappa shape index (κ3) is 3.95. The van der Waals surface area contributed by atoms with Crippen LogP contribution in [0.25, 0.3) is 10.9 Å². The predicted molar refractivity (Wildman–Crippen MR) is 104 cm³/mol. The van der Waals surface area contributed by atoms with E-state index in [0.717, 1.165) is 43.8 Å². The summed E-state index contributed by atoms with van der Waals surface area (Å²) in [5.41, 5.74) is 2.15. The van der Waals surface area contributed by atoms with Gasteiger partial charge in [0.15, 0.2) is 5.75 Å². The van der Waals surface area contributed by atoms with Gasteiger partial charge in [-0.15, -0.1) is 0 Å². The molecule has 4 rings (SSSR count). The van der Waals surface area contributed by atoms with Crippen molar-refractivity contribution in [3.8, 4) is 5.75 Å². The van der Waals surface area contributed by atoms with Crippen LogP contribution in [0.15, 0.2) is 54.7 Å². The second-order valence-corrected chi connectivity index (χ2v) is 6.79. The molecule has 2 aromatic carbocycles. The Hall–Kier alpha value is -2.47. The Bertz CT molecular complexity index is 971. The van der Waals surface area contributed by atoms with Crippen LogP contribution in [0.5, 0.6) is 5.75 Å². The first kappa shape index (κ1) is 17.9. The van der Waals surface area contributed by atoms with Gasteiger partial charge < -0.3 is 9.47 Å². The number of hydrogen-bond acceptors (Lipinski definition) is 5. The Balaban J connectivity index is 1.63. The van der Waals surface area contributed by atoms with Gasteiger partial charge in [0.05, 0.1) is 23.8 Å². The molecule has 0 spiro atoms. The molecular formula is C21H19ClN2O3. The van der Waals surface area contributed by atoms with Gasteiger partial charge in [-0.25, -0.2) is 4.79 Å². The van der Waals surface area contributed by atoms with Gasteiger partial charge in [-0.3, -0.25) is 9.88 Å². The maximum absolute atomic E-state index is 12.5. The molecule has 0 saturated carbocycles. The summed E-state index contributed by atoms with van der Waals surface area (Å²) in [7, 11) is 0. The molecule has 0 bridgehead atoms. The maximum atomic E-state index is 12.5. The minimum atomic E-state index is -0.492. The van der Waals surface area contributed by atoms with E-state index in [1.807, 2.05) is 18.2 Å². The van der Waals surface area contributed by atoms with E-state index < -0.39 is 5.97 Å². The van der Waals surface area contributed by atoms with E-state index in [2.05, 4.69) is 9.88 Å². The number of hydrogen-bond donors (Lipinski definition) is 0. The maximum Gasteiger partial charge on any atom is 0.345 e. The Morgan fingerprint density at radius 3 is 2.74 bits per heavy atom. The van der Waals surface area contributed by atoms with Crippen molar-refractivity contribution >= 4 is 28.5 Å². The van der Waals surface area contributed by atoms with Crippen molar-refractivity contribution < 1.29 is 14.3 Å². The van der Waals surface area contributed by atoms with Crippen LogP contribution in [0, 0.1) is 0 Å². The SMILES string of the molecule is O=C(Oc1ccc(CN2CCOCC2)c2cccnc12)c1ccccc1Cl. The molecule has 0 aliphatic carbocycles. The standard InChI is InChI=1S/C21H19ClN2O3/c22-18-6-2-1-4-17(18)21(25)27-19-8-7-15(14-24-10-12-26-13-11-24)16-5-3-9-23-20(16)19/h1-9H,10-14H2. The molecule has 0 atom stereocenters. The summed E-state index contributed by atoms with van der Waals surface area (Å²) in [6.45, 7) is 4.13. The number of morpholine rings is 1. The largest absolute Gasteiger partial charge is 0.421 e. The summed E-state index contributed by atoms with van der Waals surface area (Å²) in [5, 5.41) is 1.34.